The third kappa shape index (κ3) is 2.41. The molecule has 0 aromatic carbocycles. The Bertz CT molecular complexity index is 113. The molecule has 1 saturated heterocycles. The molecule has 0 saturated carbocycles. The SMILES string of the molecule is Cl.O=C(O)N1CCOCC1. The van der Waals surface area contributed by atoms with Gasteiger partial charge < -0.3 is 14.7 Å². The summed E-state index contributed by atoms with van der Waals surface area (Å²) in [5.41, 5.74) is 0. The Morgan fingerprint density at radius 2 is 1.90 bits per heavy atom. The topological polar surface area (TPSA) is 49.8 Å². The largest absolute Gasteiger partial charge is 0.465 e. The quantitative estimate of drug-likeness (QED) is 0.569. The molecule has 0 unspecified atom stereocenters. The summed E-state index contributed by atoms with van der Waals surface area (Å²) in [6.45, 7) is 2.09. The van der Waals surface area contributed by atoms with Crippen LogP contribution >= 0.6 is 12.4 Å². The third-order valence-corrected chi connectivity index (χ3v) is 1.28. The average Bonchev–Trinajstić information content (AvgIpc) is 1.90. The van der Waals surface area contributed by atoms with Crippen LogP contribution in [0.15, 0.2) is 0 Å². The van der Waals surface area contributed by atoms with Crippen LogP contribution in [-0.2, 0) is 4.74 Å². The minimum absolute atomic E-state index is 0. The number of halogens is 1. The predicted octanol–water partition coefficient (Wildman–Crippen LogP) is 0.418. The Balaban J connectivity index is 0.000000810. The third-order valence-electron chi connectivity index (χ3n) is 1.28. The summed E-state index contributed by atoms with van der Waals surface area (Å²) in [5, 5.41) is 8.41. The Morgan fingerprint density at radius 1 is 1.40 bits per heavy atom. The van der Waals surface area contributed by atoms with Crippen molar-refractivity contribution in [1.29, 1.82) is 0 Å². The number of amides is 1. The molecule has 0 atom stereocenters. The van der Waals surface area contributed by atoms with Gasteiger partial charge in [-0.3, -0.25) is 0 Å². The number of morpholine rings is 1. The van der Waals surface area contributed by atoms with Gasteiger partial charge in [-0.1, -0.05) is 0 Å². The van der Waals surface area contributed by atoms with E-state index in [1.807, 2.05) is 0 Å². The van der Waals surface area contributed by atoms with E-state index in [-0.39, 0.29) is 12.4 Å². The maximum atomic E-state index is 10.2. The zero-order valence-corrected chi connectivity index (χ0v) is 6.26. The lowest BCUT2D eigenvalue weighted by Gasteiger charge is -2.23. The number of rotatable bonds is 0. The lowest BCUT2D eigenvalue weighted by molar-refractivity contribution is 0.0392. The van der Waals surface area contributed by atoms with E-state index in [1.54, 1.807) is 0 Å². The van der Waals surface area contributed by atoms with Crippen molar-refractivity contribution in [3.63, 3.8) is 0 Å². The van der Waals surface area contributed by atoms with Gasteiger partial charge in [0.2, 0.25) is 0 Å². The van der Waals surface area contributed by atoms with Crippen LogP contribution in [-0.4, -0.2) is 42.4 Å². The van der Waals surface area contributed by atoms with Crippen LogP contribution in [0.2, 0.25) is 0 Å². The van der Waals surface area contributed by atoms with Crippen molar-refractivity contribution >= 4 is 18.5 Å². The fourth-order valence-electron chi connectivity index (χ4n) is 0.755. The summed E-state index contributed by atoms with van der Waals surface area (Å²) in [6, 6.07) is 0. The lowest BCUT2D eigenvalue weighted by Crippen LogP contribution is -2.39. The first-order valence-electron chi connectivity index (χ1n) is 2.86. The molecule has 1 aliphatic rings. The van der Waals surface area contributed by atoms with Crippen molar-refractivity contribution in [1.82, 2.24) is 4.90 Å². The van der Waals surface area contributed by atoms with Crippen molar-refractivity contribution in [3.8, 4) is 0 Å². The zero-order valence-electron chi connectivity index (χ0n) is 5.45. The first-order valence-corrected chi connectivity index (χ1v) is 2.86. The highest BCUT2D eigenvalue weighted by Crippen LogP contribution is 1.95. The molecule has 0 spiro atoms. The van der Waals surface area contributed by atoms with Gasteiger partial charge in [-0.05, 0) is 0 Å². The summed E-state index contributed by atoms with van der Waals surface area (Å²) in [7, 11) is 0. The van der Waals surface area contributed by atoms with Gasteiger partial charge in [0.1, 0.15) is 0 Å². The standard InChI is InChI=1S/C5H9NO3.ClH/c7-5(8)6-1-3-9-4-2-6;/h1-4H2,(H,7,8);1H. The molecule has 1 fully saturated rings. The lowest BCUT2D eigenvalue weighted by atomic mass is 10.5. The summed E-state index contributed by atoms with van der Waals surface area (Å²) in [6.07, 6.45) is -0.849. The molecule has 1 aliphatic heterocycles. The smallest absolute Gasteiger partial charge is 0.407 e. The molecule has 5 heteroatoms. The monoisotopic (exact) mass is 167 g/mol. The van der Waals surface area contributed by atoms with Gasteiger partial charge in [-0.15, -0.1) is 12.4 Å². The number of carboxylic acid groups (broad SMARTS) is 1. The average molecular weight is 168 g/mol. The summed E-state index contributed by atoms with van der Waals surface area (Å²) < 4.78 is 4.94. The van der Waals surface area contributed by atoms with E-state index in [0.717, 1.165) is 0 Å². The molecule has 4 nitrogen and oxygen atoms in total. The van der Waals surface area contributed by atoms with Crippen molar-refractivity contribution in [2.24, 2.45) is 0 Å². The number of nitrogens with zero attached hydrogens (tertiary/aromatic N) is 1. The number of ether oxygens (including phenoxy) is 1. The molecule has 10 heavy (non-hydrogen) atoms. The van der Waals surface area contributed by atoms with Crippen LogP contribution < -0.4 is 0 Å². The van der Waals surface area contributed by atoms with Gasteiger partial charge in [-0.2, -0.15) is 0 Å². The van der Waals surface area contributed by atoms with E-state index in [0.29, 0.717) is 26.3 Å². The number of hydrogen-bond acceptors (Lipinski definition) is 2. The fraction of sp³-hybridized carbons (Fsp3) is 0.800. The predicted molar refractivity (Wildman–Crippen MR) is 37.7 cm³/mol. The van der Waals surface area contributed by atoms with Gasteiger partial charge >= 0.3 is 6.09 Å². The van der Waals surface area contributed by atoms with Crippen LogP contribution in [0.4, 0.5) is 4.79 Å². The first kappa shape index (κ1) is 9.52. The number of carbonyl (C=O) groups is 1. The highest BCUT2D eigenvalue weighted by molar-refractivity contribution is 5.85. The number of hydrogen-bond donors (Lipinski definition) is 1. The molecule has 0 aromatic rings. The fourth-order valence-corrected chi connectivity index (χ4v) is 0.755. The second kappa shape index (κ2) is 4.35. The molecular formula is C5H10ClNO3. The van der Waals surface area contributed by atoms with Crippen LogP contribution in [0.25, 0.3) is 0 Å². The molecule has 60 valence electrons. The second-order valence-corrected chi connectivity index (χ2v) is 1.88. The van der Waals surface area contributed by atoms with Gasteiger partial charge in [0.25, 0.3) is 0 Å². The summed E-state index contributed by atoms with van der Waals surface area (Å²) in [5.74, 6) is 0. The molecule has 1 amide bonds. The summed E-state index contributed by atoms with van der Waals surface area (Å²) >= 11 is 0. The van der Waals surface area contributed by atoms with Crippen LogP contribution in [0.3, 0.4) is 0 Å². The minimum Gasteiger partial charge on any atom is -0.465 e. The van der Waals surface area contributed by atoms with E-state index < -0.39 is 6.09 Å². The molecule has 1 rings (SSSR count). The second-order valence-electron chi connectivity index (χ2n) is 1.88. The van der Waals surface area contributed by atoms with E-state index >= 15 is 0 Å². The molecule has 0 bridgehead atoms. The Kier molecular flexibility index (Phi) is 4.14. The molecule has 0 radical (unpaired) electrons. The maximum Gasteiger partial charge on any atom is 0.407 e. The minimum atomic E-state index is -0.849. The van der Waals surface area contributed by atoms with Crippen molar-refractivity contribution in [3.05, 3.63) is 0 Å². The van der Waals surface area contributed by atoms with Gasteiger partial charge in [0, 0.05) is 13.1 Å². The van der Waals surface area contributed by atoms with Crippen molar-refractivity contribution in [2.75, 3.05) is 26.3 Å². The molecule has 0 aliphatic carbocycles. The highest BCUT2D eigenvalue weighted by atomic mass is 35.5. The van der Waals surface area contributed by atoms with E-state index in [9.17, 15) is 4.79 Å². The molecule has 1 N–H and O–H groups in total. The Labute approximate surface area is 65.2 Å². The van der Waals surface area contributed by atoms with Crippen LogP contribution in [0.1, 0.15) is 0 Å². The maximum absolute atomic E-state index is 10.2. The van der Waals surface area contributed by atoms with E-state index in [2.05, 4.69) is 0 Å². The van der Waals surface area contributed by atoms with Gasteiger partial charge in [-0.25, -0.2) is 4.79 Å². The van der Waals surface area contributed by atoms with Gasteiger partial charge in [0.15, 0.2) is 0 Å². The van der Waals surface area contributed by atoms with E-state index in [4.69, 9.17) is 9.84 Å². The molecule has 1 heterocycles. The van der Waals surface area contributed by atoms with Crippen LogP contribution in [0.5, 0.6) is 0 Å². The zero-order chi connectivity index (χ0) is 6.69. The Morgan fingerprint density at radius 3 is 2.20 bits per heavy atom. The molecule has 0 aromatic heterocycles. The first-order chi connectivity index (χ1) is 4.30. The van der Waals surface area contributed by atoms with Gasteiger partial charge in [0.05, 0.1) is 13.2 Å². The van der Waals surface area contributed by atoms with Crippen LogP contribution in [0, 0.1) is 0 Å². The van der Waals surface area contributed by atoms with Crippen molar-refractivity contribution in [2.45, 2.75) is 0 Å². The molecular weight excluding hydrogens is 158 g/mol. The highest BCUT2D eigenvalue weighted by Gasteiger charge is 2.13. The normalized spacial score (nSPS) is 17.8. The van der Waals surface area contributed by atoms with Crippen molar-refractivity contribution < 1.29 is 14.6 Å². The Hall–Kier alpha value is -0.480. The van der Waals surface area contributed by atoms with E-state index in [1.165, 1.54) is 4.90 Å². The summed E-state index contributed by atoms with van der Waals surface area (Å²) in [4.78, 5) is 11.6.